The Labute approximate surface area is 226 Å². The Morgan fingerprint density at radius 2 is 2.13 bits per heavy atom. The number of aliphatic hydroxyl groups is 1. The van der Waals surface area contributed by atoms with Gasteiger partial charge in [0, 0.05) is 46.0 Å². The zero-order chi connectivity index (χ0) is 27.8. The van der Waals surface area contributed by atoms with E-state index in [9.17, 15) is 19.6 Å². The van der Waals surface area contributed by atoms with Gasteiger partial charge in [0.05, 0.1) is 18.2 Å². The summed E-state index contributed by atoms with van der Waals surface area (Å²) in [5.41, 5.74) is 5.24. The molecular formula is C26H33FN8O2S. The van der Waals surface area contributed by atoms with Crippen molar-refractivity contribution in [3.05, 3.63) is 59.3 Å². The number of hydrazine groups is 1. The maximum atomic E-state index is 13.4. The number of carbonyl (C=O) groups excluding carboxylic acids is 1. The molecule has 10 nitrogen and oxygen atoms in total. The Kier molecular flexibility index (Phi) is 9.81. The fraction of sp³-hybridized carbons (Fsp3) is 0.385. The molecule has 0 aliphatic carbocycles. The number of anilines is 1. The summed E-state index contributed by atoms with van der Waals surface area (Å²) in [4.78, 5) is 25.6. The zero-order valence-corrected chi connectivity index (χ0v) is 22.8. The number of aromatic nitrogens is 1. The highest BCUT2D eigenvalue weighted by Gasteiger charge is 2.26. The van der Waals surface area contributed by atoms with Crippen molar-refractivity contribution < 1.29 is 14.3 Å². The summed E-state index contributed by atoms with van der Waals surface area (Å²) in [6.45, 7) is 6.50. The van der Waals surface area contributed by atoms with E-state index in [0.29, 0.717) is 58.9 Å². The van der Waals surface area contributed by atoms with Crippen LogP contribution in [0.2, 0.25) is 0 Å². The van der Waals surface area contributed by atoms with Crippen LogP contribution < -0.4 is 15.6 Å². The SMILES string of the molecule is C=C/N=C(/CC(=O)N1CC[C@H](O)C1)N(C)N/C(CC)=C(\NC)N(C)c1nc(-c2ccc(F)cc2)c(C#N)s1. The van der Waals surface area contributed by atoms with Gasteiger partial charge >= 0.3 is 0 Å². The van der Waals surface area contributed by atoms with Gasteiger partial charge in [-0.1, -0.05) is 24.8 Å². The Morgan fingerprint density at radius 1 is 1.42 bits per heavy atom. The van der Waals surface area contributed by atoms with Crippen LogP contribution in [0.4, 0.5) is 9.52 Å². The van der Waals surface area contributed by atoms with Crippen LogP contribution in [-0.4, -0.2) is 72.1 Å². The number of aliphatic imine (C=N–C) groups is 1. The van der Waals surface area contributed by atoms with Crippen molar-refractivity contribution in [3.63, 3.8) is 0 Å². The van der Waals surface area contributed by atoms with Crippen LogP contribution in [0, 0.1) is 17.1 Å². The summed E-state index contributed by atoms with van der Waals surface area (Å²) in [5.74, 6) is 0.691. The average Bonchev–Trinajstić information content (AvgIpc) is 3.55. The van der Waals surface area contributed by atoms with Gasteiger partial charge in [0.25, 0.3) is 0 Å². The molecule has 0 radical (unpaired) electrons. The van der Waals surface area contributed by atoms with E-state index in [1.165, 1.54) is 29.7 Å². The number of thiazole rings is 1. The number of allylic oxidation sites excluding steroid dienone is 1. The highest BCUT2D eigenvalue weighted by molar-refractivity contribution is 7.16. The van der Waals surface area contributed by atoms with E-state index >= 15 is 0 Å². The number of benzene rings is 1. The zero-order valence-electron chi connectivity index (χ0n) is 22.0. The maximum absolute atomic E-state index is 13.4. The van der Waals surface area contributed by atoms with Crippen LogP contribution in [0.5, 0.6) is 0 Å². The summed E-state index contributed by atoms with van der Waals surface area (Å²) in [7, 11) is 5.38. The molecule has 12 heteroatoms. The number of rotatable bonds is 10. The first-order chi connectivity index (χ1) is 18.2. The normalized spacial score (nSPS) is 16.0. The minimum atomic E-state index is -0.492. The number of nitrogens with zero attached hydrogens (tertiary/aromatic N) is 6. The number of hydrogen-bond donors (Lipinski definition) is 3. The lowest BCUT2D eigenvalue weighted by Gasteiger charge is -2.29. The molecule has 1 aliphatic heterocycles. The molecule has 2 heterocycles. The van der Waals surface area contributed by atoms with Gasteiger partial charge in [0.1, 0.15) is 34.1 Å². The molecule has 202 valence electrons. The van der Waals surface area contributed by atoms with Gasteiger partial charge < -0.3 is 20.2 Å². The number of hydrogen-bond acceptors (Lipinski definition) is 9. The van der Waals surface area contributed by atoms with Crippen LogP contribution in [-0.2, 0) is 4.79 Å². The van der Waals surface area contributed by atoms with Gasteiger partial charge in [-0.15, -0.1) is 0 Å². The molecule has 2 aromatic rings. The Morgan fingerprint density at radius 3 is 2.68 bits per heavy atom. The minimum absolute atomic E-state index is 0.0446. The van der Waals surface area contributed by atoms with Crippen LogP contribution >= 0.6 is 11.3 Å². The monoisotopic (exact) mass is 540 g/mol. The van der Waals surface area contributed by atoms with Crippen molar-refractivity contribution in [1.82, 2.24) is 25.6 Å². The van der Waals surface area contributed by atoms with Gasteiger partial charge in [0.2, 0.25) is 5.91 Å². The topological polar surface area (TPSA) is 120 Å². The quantitative estimate of drug-likeness (QED) is 0.239. The lowest BCUT2D eigenvalue weighted by Crippen LogP contribution is -2.44. The third-order valence-electron chi connectivity index (χ3n) is 6.09. The molecule has 3 N–H and O–H groups in total. The minimum Gasteiger partial charge on any atom is -0.391 e. The molecule has 1 fully saturated rings. The van der Waals surface area contributed by atoms with Crippen LogP contribution in [0.3, 0.4) is 0 Å². The number of nitriles is 1. The number of aliphatic hydroxyl groups excluding tert-OH is 1. The molecule has 0 saturated carbocycles. The van der Waals surface area contributed by atoms with Crippen molar-refractivity contribution in [2.45, 2.75) is 32.3 Å². The van der Waals surface area contributed by atoms with Crippen molar-refractivity contribution in [3.8, 4) is 17.3 Å². The number of β-amino-alcohol motifs (C(OH)–C–C–N with tert-alkyl or cyclic N) is 1. The number of amidine groups is 1. The number of likely N-dealkylation sites (tertiary alicyclic amines) is 1. The molecular weight excluding hydrogens is 507 g/mol. The Bertz CT molecular complexity index is 1250. The standard InChI is InChI=1S/C26H33FN8O2S/c1-6-20(32-34(5)22(30-7-2)14-23(37)35-13-12-19(36)16-35)25(29-3)33(4)26-31-24(21(15-28)38-26)17-8-10-18(27)11-9-17/h7-11,19,29,32,36H,2,6,12-14,16H2,1,3-5H3/b25-20+,30-22-/t19-/m0/s1. The molecule has 1 atom stereocenters. The smallest absolute Gasteiger partial charge is 0.230 e. The molecule has 1 amide bonds. The predicted molar refractivity (Wildman–Crippen MR) is 147 cm³/mol. The van der Waals surface area contributed by atoms with E-state index in [-0.39, 0.29) is 18.1 Å². The molecule has 1 aromatic carbocycles. The summed E-state index contributed by atoms with van der Waals surface area (Å²) in [5, 5.41) is 24.9. The summed E-state index contributed by atoms with van der Waals surface area (Å²) in [6, 6.07) is 8.07. The predicted octanol–water partition coefficient (Wildman–Crippen LogP) is 3.02. The van der Waals surface area contributed by atoms with Crippen molar-refractivity contribution in [2.24, 2.45) is 4.99 Å². The largest absolute Gasteiger partial charge is 0.391 e. The third-order valence-corrected chi connectivity index (χ3v) is 7.13. The summed E-state index contributed by atoms with van der Waals surface area (Å²) < 4.78 is 13.4. The second-order valence-electron chi connectivity index (χ2n) is 8.64. The van der Waals surface area contributed by atoms with Gasteiger partial charge in [-0.05, 0) is 37.1 Å². The highest BCUT2D eigenvalue weighted by atomic mass is 32.1. The van der Waals surface area contributed by atoms with E-state index < -0.39 is 6.10 Å². The second-order valence-corrected chi connectivity index (χ2v) is 9.62. The molecule has 0 spiro atoms. The van der Waals surface area contributed by atoms with Gasteiger partial charge in [-0.25, -0.2) is 14.4 Å². The molecule has 1 aliphatic rings. The van der Waals surface area contributed by atoms with Crippen LogP contribution in [0.25, 0.3) is 11.3 Å². The Hall–Kier alpha value is -3.95. The lowest BCUT2D eigenvalue weighted by atomic mass is 10.1. The van der Waals surface area contributed by atoms with E-state index in [4.69, 9.17) is 0 Å². The molecule has 3 rings (SSSR count). The van der Waals surface area contributed by atoms with E-state index in [2.05, 4.69) is 33.4 Å². The van der Waals surface area contributed by atoms with Gasteiger partial charge in [-0.3, -0.25) is 15.2 Å². The first kappa shape index (κ1) is 28.6. The average molecular weight is 541 g/mol. The summed E-state index contributed by atoms with van der Waals surface area (Å²) in [6.07, 6.45) is 2.11. The first-order valence-corrected chi connectivity index (χ1v) is 13.0. The van der Waals surface area contributed by atoms with E-state index in [1.807, 2.05) is 18.9 Å². The molecule has 0 bridgehead atoms. The van der Waals surface area contributed by atoms with Crippen molar-refractivity contribution in [1.29, 1.82) is 5.26 Å². The van der Waals surface area contributed by atoms with Gasteiger partial charge in [0.15, 0.2) is 5.13 Å². The van der Waals surface area contributed by atoms with E-state index in [1.54, 1.807) is 36.1 Å². The van der Waals surface area contributed by atoms with Crippen molar-refractivity contribution >= 4 is 28.2 Å². The van der Waals surface area contributed by atoms with Gasteiger partial charge in [-0.2, -0.15) is 5.26 Å². The molecule has 1 aromatic heterocycles. The van der Waals surface area contributed by atoms with E-state index in [0.717, 1.165) is 5.70 Å². The molecule has 1 saturated heterocycles. The third kappa shape index (κ3) is 6.67. The second kappa shape index (κ2) is 13.0. The number of nitrogens with one attached hydrogen (secondary N) is 2. The fourth-order valence-corrected chi connectivity index (χ4v) is 4.94. The number of amides is 1. The highest BCUT2D eigenvalue weighted by Crippen LogP contribution is 2.33. The summed E-state index contributed by atoms with van der Waals surface area (Å²) >= 11 is 1.23. The fourth-order valence-electron chi connectivity index (χ4n) is 4.09. The molecule has 0 unspecified atom stereocenters. The van der Waals surface area contributed by atoms with Crippen LogP contribution in [0.15, 0.2) is 53.6 Å². The Balaban J connectivity index is 1.85. The lowest BCUT2D eigenvalue weighted by molar-refractivity contribution is -0.129. The number of halogens is 1. The van der Waals surface area contributed by atoms with Crippen LogP contribution in [0.1, 0.15) is 31.1 Å². The number of carbonyl (C=O) groups is 1. The molecule has 38 heavy (non-hydrogen) atoms. The first-order valence-electron chi connectivity index (χ1n) is 12.2. The van der Waals surface area contributed by atoms with Crippen molar-refractivity contribution in [2.75, 3.05) is 39.1 Å². The maximum Gasteiger partial charge on any atom is 0.230 e.